The van der Waals surface area contributed by atoms with E-state index in [0.29, 0.717) is 62.9 Å². The highest BCUT2D eigenvalue weighted by Crippen LogP contribution is 2.38. The molecule has 3 heterocycles. The summed E-state index contributed by atoms with van der Waals surface area (Å²) in [4.78, 5) is 35.5. The molecule has 0 spiro atoms. The third kappa shape index (κ3) is 5.43. The largest absolute Gasteiger partial charge is 0.497 e. The van der Waals surface area contributed by atoms with Crippen LogP contribution in [0.4, 0.5) is 4.39 Å². The van der Waals surface area contributed by atoms with E-state index in [1.165, 1.54) is 17.4 Å². The minimum Gasteiger partial charge on any atom is -0.497 e. The maximum atomic E-state index is 14.6. The molecule has 10 heteroatoms. The molecule has 236 valence electrons. The Hall–Kier alpha value is -4.96. The number of amides is 1. The van der Waals surface area contributed by atoms with Gasteiger partial charge in [-0.15, -0.1) is 0 Å². The lowest BCUT2D eigenvalue weighted by molar-refractivity contribution is -0.127. The highest BCUT2D eigenvalue weighted by Gasteiger charge is 2.36. The number of carbonyl (C=O) groups is 1. The number of carbonyl (C=O) groups excluding carboxylic acids is 1. The first-order chi connectivity index (χ1) is 22.3. The van der Waals surface area contributed by atoms with Crippen LogP contribution in [0.1, 0.15) is 43.5 Å². The lowest BCUT2D eigenvalue weighted by Gasteiger charge is -2.30. The van der Waals surface area contributed by atoms with Crippen molar-refractivity contribution in [2.24, 2.45) is 4.99 Å². The van der Waals surface area contributed by atoms with E-state index in [4.69, 9.17) is 14.5 Å². The summed E-state index contributed by atoms with van der Waals surface area (Å²) in [6, 6.07) is 19.2. The summed E-state index contributed by atoms with van der Waals surface area (Å²) in [6.45, 7) is 7.02. The first-order valence-electron chi connectivity index (χ1n) is 15.1. The number of halogens is 1. The van der Waals surface area contributed by atoms with E-state index in [-0.39, 0.29) is 17.3 Å². The molecule has 0 aliphatic carbocycles. The van der Waals surface area contributed by atoms with E-state index in [0.717, 1.165) is 16.5 Å². The van der Waals surface area contributed by atoms with Gasteiger partial charge < -0.3 is 18.9 Å². The molecule has 0 saturated carbocycles. The van der Waals surface area contributed by atoms with E-state index < -0.39 is 6.04 Å². The van der Waals surface area contributed by atoms with Crippen LogP contribution in [0, 0.1) is 5.82 Å². The summed E-state index contributed by atoms with van der Waals surface area (Å²) >= 11 is 1.27. The van der Waals surface area contributed by atoms with Crippen molar-refractivity contribution in [2.45, 2.75) is 33.4 Å². The molecule has 3 aromatic carbocycles. The predicted octanol–water partition coefficient (Wildman–Crippen LogP) is 5.26. The van der Waals surface area contributed by atoms with Gasteiger partial charge >= 0.3 is 0 Å². The van der Waals surface area contributed by atoms with Crippen LogP contribution in [0.15, 0.2) is 94.0 Å². The fourth-order valence-electron chi connectivity index (χ4n) is 6.10. The van der Waals surface area contributed by atoms with Gasteiger partial charge in [-0.1, -0.05) is 47.7 Å². The normalized spacial score (nSPS) is 14.7. The monoisotopic (exact) mass is 638 g/mol. The minimum absolute atomic E-state index is 0.188. The lowest BCUT2D eigenvalue weighted by atomic mass is 9.93. The maximum absolute atomic E-state index is 14.6. The van der Waals surface area contributed by atoms with Crippen LogP contribution in [-0.4, -0.2) is 47.3 Å². The molecule has 0 radical (unpaired) electrons. The number of aromatic nitrogens is 2. The van der Waals surface area contributed by atoms with Gasteiger partial charge in [-0.25, -0.2) is 9.38 Å². The van der Waals surface area contributed by atoms with Crippen LogP contribution in [0.3, 0.4) is 0 Å². The molecule has 1 atom stereocenters. The number of methoxy groups -OCH3 is 2. The molecule has 2 aromatic heterocycles. The van der Waals surface area contributed by atoms with Crippen LogP contribution in [-0.2, 0) is 11.3 Å². The Balaban J connectivity index is 1.56. The van der Waals surface area contributed by atoms with E-state index in [2.05, 4.69) is 0 Å². The quantitative estimate of drug-likeness (QED) is 0.221. The number of benzene rings is 3. The number of rotatable bonds is 9. The van der Waals surface area contributed by atoms with Crippen LogP contribution < -0.4 is 24.4 Å². The number of ether oxygens (including phenoxy) is 2. The van der Waals surface area contributed by atoms with Gasteiger partial charge in [0, 0.05) is 46.9 Å². The maximum Gasteiger partial charge on any atom is 0.271 e. The van der Waals surface area contributed by atoms with Gasteiger partial charge in [0.25, 0.3) is 11.5 Å². The minimum atomic E-state index is -0.793. The summed E-state index contributed by atoms with van der Waals surface area (Å²) in [6.07, 6.45) is 3.80. The molecule has 1 aliphatic rings. The van der Waals surface area contributed by atoms with Crippen LogP contribution in [0.2, 0.25) is 0 Å². The van der Waals surface area contributed by atoms with Crippen molar-refractivity contribution in [3.05, 3.63) is 126 Å². The van der Waals surface area contributed by atoms with Gasteiger partial charge in [-0.2, -0.15) is 0 Å². The van der Waals surface area contributed by atoms with Crippen molar-refractivity contribution in [3.63, 3.8) is 0 Å². The summed E-state index contributed by atoms with van der Waals surface area (Å²) in [7, 11) is 3.14. The van der Waals surface area contributed by atoms with Gasteiger partial charge in [0.05, 0.1) is 36.6 Å². The Bertz CT molecular complexity index is 2170. The van der Waals surface area contributed by atoms with Gasteiger partial charge in [0.1, 0.15) is 23.4 Å². The molecule has 46 heavy (non-hydrogen) atoms. The van der Waals surface area contributed by atoms with Crippen molar-refractivity contribution >= 4 is 34.2 Å². The number of fused-ring (bicyclic) bond motifs is 2. The first-order valence-corrected chi connectivity index (χ1v) is 16.0. The van der Waals surface area contributed by atoms with Crippen LogP contribution in [0.25, 0.3) is 17.0 Å². The SMILES string of the molecule is CCN(CC)C(=O)C1=C(C)N=c2s/c(=C/c3cn(Cc4ccccc4F)c4ccccc34)c(=O)n2[C@H]1c1cc(OC)ccc1OC. The van der Waals surface area contributed by atoms with E-state index in [1.807, 2.05) is 74.0 Å². The van der Waals surface area contributed by atoms with Crippen molar-refractivity contribution in [2.75, 3.05) is 27.3 Å². The zero-order valence-corrected chi connectivity index (χ0v) is 27.2. The second-order valence-corrected chi connectivity index (χ2v) is 12.0. The summed E-state index contributed by atoms with van der Waals surface area (Å²) in [5.41, 5.74) is 3.62. The number of nitrogens with zero attached hydrogens (tertiary/aromatic N) is 4. The summed E-state index contributed by atoms with van der Waals surface area (Å²) in [5, 5.41) is 0.935. The molecule has 1 amide bonds. The molecule has 5 aromatic rings. The van der Waals surface area contributed by atoms with Crippen molar-refractivity contribution in [3.8, 4) is 11.5 Å². The van der Waals surface area contributed by atoms with Gasteiger partial charge in [-0.05, 0) is 57.2 Å². The molecular formula is C36H35FN4O4S. The Labute approximate surface area is 270 Å². The van der Waals surface area contributed by atoms with Gasteiger partial charge in [0.15, 0.2) is 4.80 Å². The third-order valence-electron chi connectivity index (χ3n) is 8.44. The molecule has 0 unspecified atom stereocenters. The number of thiazole rings is 1. The molecule has 0 N–H and O–H groups in total. The lowest BCUT2D eigenvalue weighted by Crippen LogP contribution is -2.43. The average molecular weight is 639 g/mol. The molecule has 0 fully saturated rings. The van der Waals surface area contributed by atoms with E-state index in [1.54, 1.807) is 48.0 Å². The second-order valence-electron chi connectivity index (χ2n) is 11.0. The van der Waals surface area contributed by atoms with Gasteiger partial charge in [-0.3, -0.25) is 14.2 Å². The number of para-hydroxylation sites is 1. The van der Waals surface area contributed by atoms with E-state index >= 15 is 0 Å². The average Bonchev–Trinajstić information content (AvgIpc) is 3.57. The second kappa shape index (κ2) is 12.8. The molecule has 8 nitrogen and oxygen atoms in total. The Morgan fingerprint density at radius 1 is 1.04 bits per heavy atom. The Morgan fingerprint density at radius 3 is 2.50 bits per heavy atom. The number of hydrogen-bond acceptors (Lipinski definition) is 6. The Kier molecular flexibility index (Phi) is 8.64. The van der Waals surface area contributed by atoms with Crippen LogP contribution >= 0.6 is 11.3 Å². The van der Waals surface area contributed by atoms with Crippen molar-refractivity contribution in [1.82, 2.24) is 14.0 Å². The highest BCUT2D eigenvalue weighted by molar-refractivity contribution is 7.07. The molecular weight excluding hydrogens is 603 g/mol. The van der Waals surface area contributed by atoms with E-state index in [9.17, 15) is 14.0 Å². The molecule has 0 bridgehead atoms. The molecule has 0 saturated heterocycles. The summed E-state index contributed by atoms with van der Waals surface area (Å²) in [5.74, 6) is 0.640. The zero-order valence-electron chi connectivity index (χ0n) is 26.4. The smallest absolute Gasteiger partial charge is 0.271 e. The van der Waals surface area contributed by atoms with Gasteiger partial charge in [0.2, 0.25) is 0 Å². The predicted molar refractivity (Wildman–Crippen MR) is 179 cm³/mol. The zero-order chi connectivity index (χ0) is 32.5. The first kappa shape index (κ1) is 31.0. The molecule has 1 aliphatic heterocycles. The Morgan fingerprint density at radius 2 is 1.78 bits per heavy atom. The summed E-state index contributed by atoms with van der Waals surface area (Å²) < 4.78 is 29.9. The van der Waals surface area contributed by atoms with Crippen molar-refractivity contribution in [1.29, 1.82) is 0 Å². The highest BCUT2D eigenvalue weighted by atomic mass is 32.1. The topological polar surface area (TPSA) is 78.1 Å². The third-order valence-corrected chi connectivity index (χ3v) is 9.42. The fraction of sp³-hybridized carbons (Fsp3) is 0.250. The van der Waals surface area contributed by atoms with Crippen LogP contribution in [0.5, 0.6) is 11.5 Å². The number of likely N-dealkylation sites (N-methyl/N-ethyl adjacent to an activating group) is 1. The number of allylic oxidation sites excluding steroid dienone is 1. The molecule has 6 rings (SSSR count). The number of hydrogen-bond donors (Lipinski definition) is 0. The standard InChI is InChI=1S/C36H35FN4O4S/c1-6-39(7-2)35(43)32-22(3)38-36-41(33(32)27-19-25(44-4)16-17-30(27)45-5)34(42)31(46-36)18-24-21-40(29-15-11-9-13-26(24)29)20-23-12-8-10-14-28(23)37/h8-19,21,33H,6-7,20H2,1-5H3/b31-18+/t33-/m0/s1. The fourth-order valence-corrected chi connectivity index (χ4v) is 7.13. The van der Waals surface area contributed by atoms with Crippen molar-refractivity contribution < 1.29 is 18.7 Å².